The molecule has 2 rings (SSSR count). The quantitative estimate of drug-likeness (QED) is 0.770. The first-order chi connectivity index (χ1) is 8.77. The summed E-state index contributed by atoms with van der Waals surface area (Å²) in [6, 6.07) is 9.62. The van der Waals surface area contributed by atoms with Crippen molar-refractivity contribution in [3.8, 4) is 0 Å². The number of hydrogen-bond acceptors (Lipinski definition) is 4. The van der Waals surface area contributed by atoms with E-state index in [0.717, 1.165) is 25.1 Å². The van der Waals surface area contributed by atoms with Crippen molar-refractivity contribution < 1.29 is 14.3 Å². The van der Waals surface area contributed by atoms with Crippen LogP contribution in [0.5, 0.6) is 0 Å². The number of methoxy groups -OCH3 is 1. The van der Waals surface area contributed by atoms with E-state index in [1.165, 1.54) is 7.11 Å². The maximum Gasteiger partial charge on any atom is 0.292 e. The zero-order valence-electron chi connectivity index (χ0n) is 10.4. The second kappa shape index (κ2) is 8.25. The Bertz CT molecular complexity index is 362. The van der Waals surface area contributed by atoms with E-state index in [2.05, 4.69) is 15.4 Å². The third kappa shape index (κ3) is 4.97. The minimum Gasteiger partial charge on any atom is -0.471 e. The SMILES string of the molecule is COC=O.O=C(NC1CCNC1)c1ccccc1. The van der Waals surface area contributed by atoms with Gasteiger partial charge in [-0.15, -0.1) is 0 Å². The highest BCUT2D eigenvalue weighted by atomic mass is 16.5. The van der Waals surface area contributed by atoms with Crippen molar-refractivity contribution in [3.05, 3.63) is 35.9 Å². The molecule has 1 aliphatic heterocycles. The van der Waals surface area contributed by atoms with Gasteiger partial charge >= 0.3 is 0 Å². The molecule has 1 saturated heterocycles. The van der Waals surface area contributed by atoms with Crippen LogP contribution >= 0.6 is 0 Å². The van der Waals surface area contributed by atoms with Crippen molar-refractivity contribution in [2.45, 2.75) is 12.5 Å². The fourth-order valence-electron chi connectivity index (χ4n) is 1.64. The van der Waals surface area contributed by atoms with E-state index in [9.17, 15) is 4.79 Å². The van der Waals surface area contributed by atoms with Crippen LogP contribution in [0.1, 0.15) is 16.8 Å². The number of benzene rings is 1. The number of hydrogen-bond donors (Lipinski definition) is 2. The van der Waals surface area contributed by atoms with Gasteiger partial charge in [-0.2, -0.15) is 0 Å². The van der Waals surface area contributed by atoms with Gasteiger partial charge in [0.05, 0.1) is 7.11 Å². The molecule has 0 aromatic heterocycles. The molecule has 1 aliphatic rings. The first-order valence-electron chi connectivity index (χ1n) is 5.81. The molecule has 0 bridgehead atoms. The predicted octanol–water partition coefficient (Wildman–Crippen LogP) is 0.567. The molecule has 1 atom stereocenters. The molecule has 5 heteroatoms. The Balaban J connectivity index is 0.000000357. The van der Waals surface area contributed by atoms with E-state index in [0.29, 0.717) is 12.5 Å². The van der Waals surface area contributed by atoms with E-state index in [4.69, 9.17) is 4.79 Å². The highest BCUT2D eigenvalue weighted by Gasteiger charge is 2.16. The summed E-state index contributed by atoms with van der Waals surface area (Å²) in [4.78, 5) is 20.6. The lowest BCUT2D eigenvalue weighted by Crippen LogP contribution is -2.36. The highest BCUT2D eigenvalue weighted by Crippen LogP contribution is 2.02. The minimum atomic E-state index is 0.0271. The van der Waals surface area contributed by atoms with Crippen molar-refractivity contribution >= 4 is 12.4 Å². The number of amides is 1. The standard InChI is InChI=1S/C11H14N2O.C2H4O2/c14-11(9-4-2-1-3-5-9)13-10-6-7-12-8-10;1-4-2-3/h1-5,10,12H,6-8H2,(H,13,14);2H,1H3. The Labute approximate surface area is 107 Å². The topological polar surface area (TPSA) is 67.4 Å². The van der Waals surface area contributed by atoms with Crippen LogP contribution in [0.3, 0.4) is 0 Å². The summed E-state index contributed by atoms with van der Waals surface area (Å²) in [5.41, 5.74) is 0.736. The lowest BCUT2D eigenvalue weighted by atomic mass is 10.2. The third-order valence-corrected chi connectivity index (χ3v) is 2.53. The van der Waals surface area contributed by atoms with Gasteiger partial charge in [-0.05, 0) is 25.1 Å². The van der Waals surface area contributed by atoms with Gasteiger partial charge in [0, 0.05) is 18.2 Å². The van der Waals surface area contributed by atoms with Crippen LogP contribution in [0.4, 0.5) is 0 Å². The number of rotatable bonds is 3. The number of nitrogens with one attached hydrogen (secondary N) is 2. The molecule has 2 N–H and O–H groups in total. The van der Waals surface area contributed by atoms with Gasteiger partial charge in [0.15, 0.2) is 0 Å². The Morgan fingerprint density at radius 3 is 2.61 bits per heavy atom. The molecular weight excluding hydrogens is 232 g/mol. The van der Waals surface area contributed by atoms with Crippen LogP contribution in [-0.2, 0) is 9.53 Å². The minimum absolute atomic E-state index is 0.0271. The van der Waals surface area contributed by atoms with Crippen molar-refractivity contribution in [1.82, 2.24) is 10.6 Å². The van der Waals surface area contributed by atoms with Crippen LogP contribution < -0.4 is 10.6 Å². The number of ether oxygens (including phenoxy) is 1. The molecule has 0 radical (unpaired) electrons. The molecule has 1 unspecified atom stereocenters. The van der Waals surface area contributed by atoms with Crippen LogP contribution in [0.2, 0.25) is 0 Å². The molecular formula is C13H18N2O3. The molecule has 1 heterocycles. The average molecular weight is 250 g/mol. The van der Waals surface area contributed by atoms with Gasteiger partial charge in [-0.3, -0.25) is 9.59 Å². The first kappa shape index (κ1) is 14.2. The Morgan fingerprint density at radius 2 is 2.11 bits per heavy atom. The Kier molecular flexibility index (Phi) is 6.50. The van der Waals surface area contributed by atoms with Gasteiger partial charge in [-0.1, -0.05) is 18.2 Å². The molecule has 18 heavy (non-hydrogen) atoms. The van der Waals surface area contributed by atoms with Gasteiger partial charge in [0.2, 0.25) is 0 Å². The zero-order valence-corrected chi connectivity index (χ0v) is 10.4. The summed E-state index contributed by atoms with van der Waals surface area (Å²) in [5, 5.41) is 6.21. The van der Waals surface area contributed by atoms with E-state index in [1.54, 1.807) is 0 Å². The van der Waals surface area contributed by atoms with Crippen LogP contribution in [-0.4, -0.2) is 38.6 Å². The van der Waals surface area contributed by atoms with E-state index in [1.807, 2.05) is 30.3 Å². The fraction of sp³-hybridized carbons (Fsp3) is 0.385. The summed E-state index contributed by atoms with van der Waals surface area (Å²) < 4.78 is 3.86. The van der Waals surface area contributed by atoms with Crippen LogP contribution in [0.15, 0.2) is 30.3 Å². The molecule has 98 valence electrons. The van der Waals surface area contributed by atoms with E-state index in [-0.39, 0.29) is 5.91 Å². The Morgan fingerprint density at radius 1 is 1.44 bits per heavy atom. The van der Waals surface area contributed by atoms with Crippen molar-refractivity contribution in [3.63, 3.8) is 0 Å². The summed E-state index contributed by atoms with van der Waals surface area (Å²) in [5.74, 6) is 0.0271. The van der Waals surface area contributed by atoms with E-state index >= 15 is 0 Å². The molecule has 5 nitrogen and oxygen atoms in total. The largest absolute Gasteiger partial charge is 0.471 e. The summed E-state index contributed by atoms with van der Waals surface area (Å²) in [7, 11) is 1.31. The predicted molar refractivity (Wildman–Crippen MR) is 68.3 cm³/mol. The van der Waals surface area contributed by atoms with Crippen LogP contribution in [0.25, 0.3) is 0 Å². The second-order valence-electron chi connectivity index (χ2n) is 3.86. The average Bonchev–Trinajstić information content (AvgIpc) is 2.93. The normalized spacial score (nSPS) is 17.3. The molecule has 1 aromatic rings. The molecule has 0 aliphatic carbocycles. The van der Waals surface area contributed by atoms with Gasteiger partial charge in [-0.25, -0.2) is 0 Å². The van der Waals surface area contributed by atoms with Gasteiger partial charge < -0.3 is 15.4 Å². The fourth-order valence-corrected chi connectivity index (χ4v) is 1.64. The summed E-state index contributed by atoms with van der Waals surface area (Å²) >= 11 is 0. The van der Waals surface area contributed by atoms with E-state index < -0.39 is 0 Å². The summed E-state index contributed by atoms with van der Waals surface area (Å²) in [6.45, 7) is 2.26. The highest BCUT2D eigenvalue weighted by molar-refractivity contribution is 5.94. The molecule has 0 saturated carbocycles. The van der Waals surface area contributed by atoms with Gasteiger partial charge in [0.1, 0.15) is 0 Å². The summed E-state index contributed by atoms with van der Waals surface area (Å²) in [6.07, 6.45) is 1.03. The van der Waals surface area contributed by atoms with Crippen LogP contribution in [0, 0.1) is 0 Å². The van der Waals surface area contributed by atoms with Crippen molar-refractivity contribution in [2.75, 3.05) is 20.2 Å². The second-order valence-corrected chi connectivity index (χ2v) is 3.86. The third-order valence-electron chi connectivity index (χ3n) is 2.53. The number of carbonyl (C=O) groups is 2. The molecule has 1 aromatic carbocycles. The Hall–Kier alpha value is -1.88. The lowest BCUT2D eigenvalue weighted by molar-refractivity contribution is -0.126. The first-order valence-corrected chi connectivity index (χ1v) is 5.81. The van der Waals surface area contributed by atoms with Crippen molar-refractivity contribution in [1.29, 1.82) is 0 Å². The van der Waals surface area contributed by atoms with Crippen molar-refractivity contribution in [2.24, 2.45) is 0 Å². The monoisotopic (exact) mass is 250 g/mol. The zero-order chi connectivity index (χ0) is 13.2. The molecule has 0 spiro atoms. The molecule has 1 fully saturated rings. The molecule has 1 amide bonds. The lowest BCUT2D eigenvalue weighted by Gasteiger charge is -2.10. The number of carbonyl (C=O) groups excluding carboxylic acids is 2. The van der Waals surface area contributed by atoms with Gasteiger partial charge in [0.25, 0.3) is 12.4 Å². The maximum absolute atomic E-state index is 11.7. The smallest absolute Gasteiger partial charge is 0.292 e. The maximum atomic E-state index is 11.7.